The normalized spacial score (nSPS) is 11.2. The lowest BCUT2D eigenvalue weighted by Gasteiger charge is -2.10. The van der Waals surface area contributed by atoms with Gasteiger partial charge in [-0.25, -0.2) is 9.07 Å². The molecule has 0 aliphatic heterocycles. The Balaban J connectivity index is 1.92. The highest BCUT2D eigenvalue weighted by Gasteiger charge is 2.18. The number of fused-ring (bicyclic) bond motifs is 3. The summed E-state index contributed by atoms with van der Waals surface area (Å²) in [7, 11) is 0. The van der Waals surface area contributed by atoms with Gasteiger partial charge in [0.1, 0.15) is 11.5 Å². The molecule has 28 heavy (non-hydrogen) atoms. The van der Waals surface area contributed by atoms with Crippen LogP contribution in [0.1, 0.15) is 10.5 Å². The summed E-state index contributed by atoms with van der Waals surface area (Å²) in [5, 5.41) is 7.13. The summed E-state index contributed by atoms with van der Waals surface area (Å²) in [6, 6.07) is 19.9. The van der Waals surface area contributed by atoms with Crippen molar-refractivity contribution in [3.63, 3.8) is 0 Å². The molecule has 0 aliphatic carbocycles. The Morgan fingerprint density at radius 3 is 2.43 bits per heavy atom. The van der Waals surface area contributed by atoms with Gasteiger partial charge in [0, 0.05) is 28.6 Å². The third-order valence-electron chi connectivity index (χ3n) is 4.87. The predicted octanol–water partition coefficient (Wildman–Crippen LogP) is 5.19. The van der Waals surface area contributed by atoms with E-state index in [0.29, 0.717) is 11.4 Å². The fraction of sp³-hybridized carbons (Fsp3) is 0. The van der Waals surface area contributed by atoms with E-state index in [9.17, 15) is 9.18 Å². The van der Waals surface area contributed by atoms with Gasteiger partial charge in [-0.05, 0) is 47.5 Å². The lowest BCUT2D eigenvalue weighted by Crippen LogP contribution is -1.98. The Morgan fingerprint density at radius 2 is 1.68 bits per heavy atom. The first-order valence-electron chi connectivity index (χ1n) is 8.82. The van der Waals surface area contributed by atoms with Crippen LogP contribution in [-0.2, 0) is 0 Å². The highest BCUT2D eigenvalue weighted by Crippen LogP contribution is 2.36. The van der Waals surface area contributed by atoms with E-state index in [1.807, 2.05) is 48.7 Å². The number of hydrogen-bond acceptors (Lipinski definition) is 3. The number of benzene rings is 3. The molecule has 0 unspecified atom stereocenters. The number of hydrogen-bond donors (Lipinski definition) is 0. The van der Waals surface area contributed by atoms with Crippen molar-refractivity contribution >= 4 is 28.0 Å². The van der Waals surface area contributed by atoms with Gasteiger partial charge in [0.25, 0.3) is 0 Å². The molecule has 0 spiro atoms. The Kier molecular flexibility index (Phi) is 3.72. The number of nitrogens with zero attached hydrogens (tertiary/aromatic N) is 3. The molecule has 0 N–H and O–H groups in total. The lowest BCUT2D eigenvalue weighted by molar-refractivity contribution is 0.112. The second-order valence-corrected chi connectivity index (χ2v) is 6.50. The summed E-state index contributed by atoms with van der Waals surface area (Å²) in [5.41, 5.74) is 3.85. The van der Waals surface area contributed by atoms with Gasteiger partial charge in [-0.2, -0.15) is 5.10 Å². The number of aromatic nitrogens is 3. The number of halogens is 1. The molecule has 134 valence electrons. The minimum atomic E-state index is -0.323. The molecule has 5 aromatic rings. The molecule has 0 aliphatic rings. The zero-order valence-electron chi connectivity index (χ0n) is 14.7. The van der Waals surface area contributed by atoms with Gasteiger partial charge in [-0.3, -0.25) is 9.78 Å². The van der Waals surface area contributed by atoms with Crippen LogP contribution in [0.3, 0.4) is 0 Å². The Morgan fingerprint density at radius 1 is 0.893 bits per heavy atom. The van der Waals surface area contributed by atoms with Crippen molar-refractivity contribution in [2.24, 2.45) is 0 Å². The van der Waals surface area contributed by atoms with Crippen LogP contribution in [0.4, 0.5) is 4.39 Å². The van der Waals surface area contributed by atoms with E-state index in [2.05, 4.69) is 10.1 Å². The van der Waals surface area contributed by atoms with Gasteiger partial charge >= 0.3 is 0 Å². The van der Waals surface area contributed by atoms with Crippen molar-refractivity contribution in [2.75, 3.05) is 0 Å². The average Bonchev–Trinajstić information content (AvgIpc) is 3.13. The molecule has 4 nitrogen and oxygen atoms in total. The van der Waals surface area contributed by atoms with E-state index in [0.717, 1.165) is 39.1 Å². The number of pyridine rings is 1. The van der Waals surface area contributed by atoms with Crippen LogP contribution >= 0.6 is 0 Å². The van der Waals surface area contributed by atoms with E-state index in [1.54, 1.807) is 23.0 Å². The van der Waals surface area contributed by atoms with Crippen molar-refractivity contribution < 1.29 is 9.18 Å². The molecule has 2 heterocycles. The minimum absolute atomic E-state index is 0.323. The summed E-state index contributed by atoms with van der Waals surface area (Å²) < 4.78 is 15.1. The summed E-state index contributed by atoms with van der Waals surface area (Å²) in [6.45, 7) is 0. The van der Waals surface area contributed by atoms with E-state index >= 15 is 0 Å². The van der Waals surface area contributed by atoms with Crippen LogP contribution in [0.2, 0.25) is 0 Å². The van der Waals surface area contributed by atoms with Gasteiger partial charge in [0.05, 0.1) is 11.2 Å². The van der Waals surface area contributed by atoms with Crippen LogP contribution in [0.15, 0.2) is 79.1 Å². The van der Waals surface area contributed by atoms with Crippen molar-refractivity contribution in [3.8, 4) is 16.8 Å². The van der Waals surface area contributed by atoms with E-state index < -0.39 is 0 Å². The fourth-order valence-electron chi connectivity index (χ4n) is 3.60. The smallest absolute Gasteiger partial charge is 0.170 e. The summed E-state index contributed by atoms with van der Waals surface area (Å²) in [5.74, 6) is -0.323. The van der Waals surface area contributed by atoms with Crippen LogP contribution in [0, 0.1) is 5.82 Å². The molecule has 0 saturated carbocycles. The van der Waals surface area contributed by atoms with Gasteiger partial charge in [0.15, 0.2) is 6.29 Å². The fourth-order valence-corrected chi connectivity index (χ4v) is 3.60. The maximum atomic E-state index is 13.4. The zero-order chi connectivity index (χ0) is 19.1. The third-order valence-corrected chi connectivity index (χ3v) is 4.87. The van der Waals surface area contributed by atoms with Crippen molar-refractivity contribution in [1.82, 2.24) is 14.8 Å². The molecule has 0 atom stereocenters. The molecule has 0 saturated heterocycles. The number of rotatable bonds is 3. The Labute approximate surface area is 159 Å². The van der Waals surface area contributed by atoms with Gasteiger partial charge in [-0.15, -0.1) is 0 Å². The molecule has 5 heteroatoms. The molecule has 2 aromatic heterocycles. The lowest BCUT2D eigenvalue weighted by atomic mass is 9.96. The van der Waals surface area contributed by atoms with Crippen LogP contribution < -0.4 is 0 Å². The molecule has 0 bridgehead atoms. The van der Waals surface area contributed by atoms with Crippen molar-refractivity contribution in [2.45, 2.75) is 0 Å². The van der Waals surface area contributed by atoms with Crippen LogP contribution in [0.25, 0.3) is 38.5 Å². The van der Waals surface area contributed by atoms with Gasteiger partial charge in [0.2, 0.25) is 0 Å². The molecule has 0 amide bonds. The summed E-state index contributed by atoms with van der Waals surface area (Å²) >= 11 is 0. The molecule has 5 rings (SSSR count). The molecule has 0 fully saturated rings. The molecular weight excluding hydrogens is 353 g/mol. The second-order valence-electron chi connectivity index (χ2n) is 6.50. The largest absolute Gasteiger partial charge is 0.296 e. The first-order valence-corrected chi connectivity index (χ1v) is 8.82. The molecule has 3 aromatic carbocycles. The number of carbonyl (C=O) groups excluding carboxylic acids is 1. The minimum Gasteiger partial charge on any atom is -0.296 e. The maximum absolute atomic E-state index is 13.4. The topological polar surface area (TPSA) is 47.8 Å². The van der Waals surface area contributed by atoms with Gasteiger partial charge in [-0.1, -0.05) is 30.3 Å². The molecular formula is C23H14FN3O. The van der Waals surface area contributed by atoms with E-state index in [-0.39, 0.29) is 5.82 Å². The van der Waals surface area contributed by atoms with E-state index in [4.69, 9.17) is 0 Å². The highest BCUT2D eigenvalue weighted by atomic mass is 19.1. The molecule has 0 radical (unpaired) electrons. The zero-order valence-corrected chi connectivity index (χ0v) is 14.7. The predicted molar refractivity (Wildman–Crippen MR) is 107 cm³/mol. The van der Waals surface area contributed by atoms with Crippen molar-refractivity contribution in [1.29, 1.82) is 0 Å². The van der Waals surface area contributed by atoms with Crippen LogP contribution in [-0.4, -0.2) is 21.1 Å². The summed E-state index contributed by atoms with van der Waals surface area (Å²) in [4.78, 5) is 16.1. The maximum Gasteiger partial charge on any atom is 0.170 e. The highest BCUT2D eigenvalue weighted by molar-refractivity contribution is 6.15. The first kappa shape index (κ1) is 16.3. The van der Waals surface area contributed by atoms with E-state index in [1.165, 1.54) is 12.1 Å². The second kappa shape index (κ2) is 6.39. The summed E-state index contributed by atoms with van der Waals surface area (Å²) in [6.07, 6.45) is 4.29. The number of aldehydes is 1. The van der Waals surface area contributed by atoms with Crippen LogP contribution in [0.5, 0.6) is 0 Å². The SMILES string of the molecule is O=Cc1nn(-c2ccc(F)cc2)c2c1cc(-c1ccccc1)c1cnccc12. The third kappa shape index (κ3) is 2.48. The Bertz CT molecular complexity index is 1330. The monoisotopic (exact) mass is 367 g/mol. The Hall–Kier alpha value is -3.86. The number of carbonyl (C=O) groups is 1. The average molecular weight is 367 g/mol. The van der Waals surface area contributed by atoms with Gasteiger partial charge < -0.3 is 0 Å². The standard InChI is InChI=1S/C23H14FN3O/c24-16-6-8-17(9-7-16)27-23-18-10-11-25-13-21(18)19(15-4-2-1-3-5-15)12-20(23)22(14-28)26-27/h1-14H. The van der Waals surface area contributed by atoms with Crippen molar-refractivity contribution in [3.05, 3.63) is 90.6 Å². The quantitative estimate of drug-likeness (QED) is 0.412. The first-order chi connectivity index (χ1) is 13.8.